The molecule has 0 spiro atoms. The Balaban J connectivity index is 0.00000144. The Bertz CT molecular complexity index is 995. The Kier molecular flexibility index (Phi) is 9.19. The van der Waals surface area contributed by atoms with Crippen LogP contribution in [0.2, 0.25) is 5.02 Å². The van der Waals surface area contributed by atoms with Crippen LogP contribution in [0, 0.1) is 0 Å². The summed E-state index contributed by atoms with van der Waals surface area (Å²) < 4.78 is 0. The molecule has 3 heterocycles. The molecular weight excluding hydrogens is 461 g/mol. The van der Waals surface area contributed by atoms with Gasteiger partial charge in [0.05, 0.1) is 10.5 Å². The van der Waals surface area contributed by atoms with Crippen molar-refractivity contribution in [1.82, 2.24) is 9.88 Å². The van der Waals surface area contributed by atoms with E-state index in [2.05, 4.69) is 57.4 Å². The summed E-state index contributed by atoms with van der Waals surface area (Å²) in [6, 6.07) is 15.2. The third kappa shape index (κ3) is 5.39. The van der Waals surface area contributed by atoms with Crippen LogP contribution in [0.25, 0.3) is 10.9 Å². The zero-order valence-corrected chi connectivity index (χ0v) is 21.0. The lowest BCUT2D eigenvalue weighted by Gasteiger charge is -2.33. The molecule has 2 aliphatic heterocycles. The fraction of sp³-hybridized carbons (Fsp3) is 0.462. The summed E-state index contributed by atoms with van der Waals surface area (Å²) >= 11 is 6.34. The van der Waals surface area contributed by atoms with E-state index in [1.807, 2.05) is 6.07 Å². The average molecular weight is 495 g/mol. The first-order chi connectivity index (χ1) is 14.8. The topological polar surface area (TPSA) is 22.3 Å². The largest absolute Gasteiger partial charge is 0.371 e. The lowest BCUT2D eigenvalue weighted by atomic mass is 9.89. The molecule has 0 saturated carbocycles. The third-order valence-electron chi connectivity index (χ3n) is 7.08. The summed E-state index contributed by atoms with van der Waals surface area (Å²) in [5, 5.41) is 2.13. The molecule has 1 saturated heterocycles. The van der Waals surface area contributed by atoms with E-state index in [-0.39, 0.29) is 24.8 Å². The van der Waals surface area contributed by atoms with E-state index in [1.165, 1.54) is 93.4 Å². The lowest BCUT2D eigenvalue weighted by molar-refractivity contribution is 0.209. The van der Waals surface area contributed by atoms with Crippen LogP contribution in [-0.2, 0) is 6.42 Å². The predicted octanol–water partition coefficient (Wildman–Crippen LogP) is 7.08. The molecule has 5 rings (SSSR count). The highest BCUT2D eigenvalue weighted by Gasteiger charge is 2.23. The SMILES string of the molecule is Cl.Cl.Clc1cccc2c(C3CCN(CCCCN4CCCc5ccccc54)CC3)c[nH]c12. The molecule has 0 amide bonds. The molecule has 1 N–H and O–H groups in total. The van der Waals surface area contributed by atoms with Crippen molar-refractivity contribution in [2.75, 3.05) is 37.6 Å². The van der Waals surface area contributed by atoms with Gasteiger partial charge in [-0.25, -0.2) is 0 Å². The molecule has 174 valence electrons. The monoisotopic (exact) mass is 493 g/mol. The van der Waals surface area contributed by atoms with Crippen molar-refractivity contribution >= 4 is 53.0 Å². The molecule has 1 fully saturated rings. The van der Waals surface area contributed by atoms with Gasteiger partial charge in [-0.15, -0.1) is 24.8 Å². The van der Waals surface area contributed by atoms with Crippen LogP contribution in [0.4, 0.5) is 5.69 Å². The number of hydrogen-bond donors (Lipinski definition) is 1. The van der Waals surface area contributed by atoms with E-state index in [0.29, 0.717) is 5.92 Å². The first-order valence-electron chi connectivity index (χ1n) is 11.6. The van der Waals surface area contributed by atoms with Crippen molar-refractivity contribution in [2.45, 2.75) is 44.4 Å². The number of anilines is 1. The van der Waals surface area contributed by atoms with E-state index in [0.717, 1.165) is 10.5 Å². The molecule has 0 aliphatic carbocycles. The summed E-state index contributed by atoms with van der Waals surface area (Å²) in [6.45, 7) is 6.08. The fourth-order valence-electron chi connectivity index (χ4n) is 5.43. The second kappa shape index (κ2) is 11.7. The van der Waals surface area contributed by atoms with Crippen molar-refractivity contribution in [3.8, 4) is 0 Å². The average Bonchev–Trinajstić information content (AvgIpc) is 3.23. The van der Waals surface area contributed by atoms with Crippen molar-refractivity contribution in [2.24, 2.45) is 0 Å². The van der Waals surface area contributed by atoms with Gasteiger partial charge in [0.1, 0.15) is 0 Å². The zero-order chi connectivity index (χ0) is 20.3. The van der Waals surface area contributed by atoms with Gasteiger partial charge in [0.15, 0.2) is 0 Å². The Morgan fingerprint density at radius 2 is 1.69 bits per heavy atom. The van der Waals surface area contributed by atoms with Crippen LogP contribution in [0.15, 0.2) is 48.7 Å². The lowest BCUT2D eigenvalue weighted by Crippen LogP contribution is -2.34. The number of nitrogens with zero attached hydrogens (tertiary/aromatic N) is 2. The second-order valence-corrected chi connectivity index (χ2v) is 9.36. The number of aromatic nitrogens is 1. The standard InChI is InChI=1S/C26H32ClN3.2ClH/c27-24-10-5-9-22-23(19-28-26(22)24)20-12-17-29(18-13-20)14-3-4-15-30-16-6-8-21-7-1-2-11-25(21)30;;/h1-2,5,7,9-11,19-20,28H,3-4,6,8,12-18H2;2*1H. The second-order valence-electron chi connectivity index (χ2n) is 8.95. The van der Waals surface area contributed by atoms with Gasteiger partial charge < -0.3 is 14.8 Å². The van der Waals surface area contributed by atoms with Gasteiger partial charge in [-0.2, -0.15) is 0 Å². The number of halogens is 3. The van der Waals surface area contributed by atoms with Crippen LogP contribution in [0.1, 0.15) is 49.1 Å². The highest BCUT2D eigenvalue weighted by Crippen LogP contribution is 2.35. The Labute approximate surface area is 209 Å². The fourth-order valence-corrected chi connectivity index (χ4v) is 5.66. The first kappa shape index (κ1) is 25.2. The van der Waals surface area contributed by atoms with Gasteiger partial charge in [-0.05, 0) is 87.3 Å². The highest BCUT2D eigenvalue weighted by molar-refractivity contribution is 6.35. The summed E-state index contributed by atoms with van der Waals surface area (Å²) in [5.41, 5.74) is 5.56. The summed E-state index contributed by atoms with van der Waals surface area (Å²) in [5.74, 6) is 0.651. The van der Waals surface area contributed by atoms with Crippen LogP contribution >= 0.6 is 36.4 Å². The maximum absolute atomic E-state index is 6.34. The highest BCUT2D eigenvalue weighted by atomic mass is 35.5. The first-order valence-corrected chi connectivity index (χ1v) is 12.0. The van der Waals surface area contributed by atoms with Gasteiger partial charge >= 0.3 is 0 Å². The molecule has 32 heavy (non-hydrogen) atoms. The number of nitrogens with one attached hydrogen (secondary N) is 1. The normalized spacial score (nSPS) is 17.0. The van der Waals surface area contributed by atoms with Gasteiger partial charge in [0.2, 0.25) is 0 Å². The Morgan fingerprint density at radius 3 is 2.53 bits per heavy atom. The maximum atomic E-state index is 6.34. The quantitative estimate of drug-likeness (QED) is 0.370. The number of rotatable bonds is 6. The van der Waals surface area contributed by atoms with Crippen molar-refractivity contribution in [3.63, 3.8) is 0 Å². The number of aryl methyl sites for hydroxylation is 1. The molecule has 0 bridgehead atoms. The summed E-state index contributed by atoms with van der Waals surface area (Å²) in [6.07, 6.45) is 9.81. The van der Waals surface area contributed by atoms with Gasteiger partial charge in [-0.3, -0.25) is 0 Å². The van der Waals surface area contributed by atoms with Crippen LogP contribution in [0.3, 0.4) is 0 Å². The molecule has 0 unspecified atom stereocenters. The van der Waals surface area contributed by atoms with Gasteiger partial charge in [0.25, 0.3) is 0 Å². The molecular formula is C26H34Cl3N3. The minimum Gasteiger partial charge on any atom is -0.371 e. The number of likely N-dealkylation sites (tertiary alicyclic amines) is 1. The molecule has 3 aromatic rings. The number of para-hydroxylation sites is 2. The molecule has 1 aromatic heterocycles. The number of benzene rings is 2. The van der Waals surface area contributed by atoms with Gasteiger partial charge in [0, 0.05) is 30.4 Å². The summed E-state index contributed by atoms with van der Waals surface area (Å²) in [7, 11) is 0. The van der Waals surface area contributed by atoms with Crippen LogP contribution in [-0.4, -0.2) is 42.6 Å². The molecule has 0 atom stereocenters. The third-order valence-corrected chi connectivity index (χ3v) is 7.40. The van der Waals surface area contributed by atoms with E-state index >= 15 is 0 Å². The molecule has 2 aromatic carbocycles. The predicted molar refractivity (Wildman–Crippen MR) is 142 cm³/mol. The number of unbranched alkanes of at least 4 members (excludes halogenated alkanes) is 1. The van der Waals surface area contributed by atoms with Gasteiger partial charge in [-0.1, -0.05) is 41.9 Å². The number of piperidine rings is 1. The molecule has 0 radical (unpaired) electrons. The number of H-pyrrole nitrogens is 1. The maximum Gasteiger partial charge on any atom is 0.0647 e. The Hall–Kier alpha value is -1.39. The smallest absolute Gasteiger partial charge is 0.0647 e. The summed E-state index contributed by atoms with van der Waals surface area (Å²) in [4.78, 5) is 8.67. The molecule has 2 aliphatic rings. The van der Waals surface area contributed by atoms with Crippen molar-refractivity contribution in [3.05, 3.63) is 64.8 Å². The zero-order valence-electron chi connectivity index (χ0n) is 18.6. The van der Waals surface area contributed by atoms with E-state index in [4.69, 9.17) is 11.6 Å². The van der Waals surface area contributed by atoms with Crippen molar-refractivity contribution in [1.29, 1.82) is 0 Å². The van der Waals surface area contributed by atoms with E-state index < -0.39 is 0 Å². The molecule has 6 heteroatoms. The van der Waals surface area contributed by atoms with Crippen LogP contribution in [0.5, 0.6) is 0 Å². The number of aromatic amines is 1. The number of fused-ring (bicyclic) bond motifs is 2. The van der Waals surface area contributed by atoms with Crippen molar-refractivity contribution < 1.29 is 0 Å². The minimum atomic E-state index is 0. The van der Waals surface area contributed by atoms with E-state index in [9.17, 15) is 0 Å². The number of hydrogen-bond acceptors (Lipinski definition) is 2. The minimum absolute atomic E-state index is 0. The van der Waals surface area contributed by atoms with Crippen LogP contribution < -0.4 is 4.90 Å². The van der Waals surface area contributed by atoms with E-state index in [1.54, 1.807) is 0 Å². The Morgan fingerprint density at radius 1 is 0.906 bits per heavy atom. The molecule has 3 nitrogen and oxygen atoms in total.